The smallest absolute Gasteiger partial charge is 0.345 e. The Labute approximate surface area is 194 Å². The minimum absolute atomic E-state index is 0.106. The molecule has 0 aliphatic rings. The first kappa shape index (κ1) is 22.2. The van der Waals surface area contributed by atoms with Crippen LogP contribution in [0.2, 0.25) is 5.02 Å². The van der Waals surface area contributed by atoms with Gasteiger partial charge in [0.05, 0.1) is 24.0 Å². The number of carbonyl (C=O) groups excluding carboxylic acids is 1. The van der Waals surface area contributed by atoms with E-state index in [0.717, 1.165) is 14.8 Å². The SMILES string of the molecule is C[C@@H](c1ccccc1)n1c(=O)c(C(=O)NCc2ccccn2)nn(-c2ccc(Cl)cc2)c1=O. The van der Waals surface area contributed by atoms with E-state index in [1.165, 1.54) is 0 Å². The average molecular weight is 462 g/mol. The lowest BCUT2D eigenvalue weighted by Gasteiger charge is -2.17. The normalized spacial score (nSPS) is 11.7. The van der Waals surface area contributed by atoms with Crippen LogP contribution in [0, 0.1) is 0 Å². The number of benzene rings is 2. The predicted octanol–water partition coefficient (Wildman–Crippen LogP) is 2.98. The van der Waals surface area contributed by atoms with Crippen LogP contribution in [0.4, 0.5) is 0 Å². The molecule has 0 aliphatic carbocycles. The molecule has 0 unspecified atom stereocenters. The second-order valence-electron chi connectivity index (χ2n) is 7.28. The zero-order chi connectivity index (χ0) is 23.4. The Kier molecular flexibility index (Phi) is 6.46. The van der Waals surface area contributed by atoms with E-state index < -0.39 is 28.9 Å². The summed E-state index contributed by atoms with van der Waals surface area (Å²) >= 11 is 5.97. The van der Waals surface area contributed by atoms with Crippen molar-refractivity contribution in [2.75, 3.05) is 0 Å². The molecule has 0 bridgehead atoms. The van der Waals surface area contributed by atoms with E-state index in [1.54, 1.807) is 55.6 Å². The zero-order valence-corrected chi connectivity index (χ0v) is 18.4. The molecule has 33 heavy (non-hydrogen) atoms. The summed E-state index contributed by atoms with van der Waals surface area (Å²) in [6.07, 6.45) is 1.61. The fraction of sp³-hybridized carbons (Fsp3) is 0.125. The van der Waals surface area contributed by atoms with Crippen molar-refractivity contribution >= 4 is 17.5 Å². The number of amides is 1. The maximum Gasteiger partial charge on any atom is 0.352 e. The summed E-state index contributed by atoms with van der Waals surface area (Å²) in [5.74, 6) is -0.706. The van der Waals surface area contributed by atoms with Crippen LogP contribution in [0.1, 0.15) is 34.7 Å². The molecule has 4 aromatic rings. The molecule has 0 saturated carbocycles. The van der Waals surface area contributed by atoms with Crippen molar-refractivity contribution in [3.63, 3.8) is 0 Å². The van der Waals surface area contributed by atoms with E-state index >= 15 is 0 Å². The van der Waals surface area contributed by atoms with Gasteiger partial charge in [-0.1, -0.05) is 48.0 Å². The monoisotopic (exact) mass is 461 g/mol. The standard InChI is InChI=1S/C24H20ClN5O3/c1-16(17-7-3-2-4-8-17)29-23(32)21(22(31)27-15-19-9-5-6-14-26-19)28-30(24(29)33)20-12-10-18(25)11-13-20/h2-14,16H,15H2,1H3,(H,27,31)/t16-/m0/s1. The quantitative estimate of drug-likeness (QED) is 0.476. The molecule has 1 N–H and O–H groups in total. The number of rotatable bonds is 6. The molecule has 0 radical (unpaired) electrons. The van der Waals surface area contributed by atoms with Gasteiger partial charge in [-0.15, -0.1) is 0 Å². The van der Waals surface area contributed by atoms with Crippen molar-refractivity contribution in [3.05, 3.63) is 122 Å². The van der Waals surface area contributed by atoms with Crippen LogP contribution in [-0.2, 0) is 6.54 Å². The Balaban J connectivity index is 1.82. The number of nitrogens with one attached hydrogen (secondary N) is 1. The molecule has 0 aliphatic heterocycles. The lowest BCUT2D eigenvalue weighted by Crippen LogP contribution is -2.47. The van der Waals surface area contributed by atoms with Gasteiger partial charge in [-0.3, -0.25) is 14.6 Å². The fourth-order valence-corrected chi connectivity index (χ4v) is 3.49. The van der Waals surface area contributed by atoms with Crippen molar-refractivity contribution in [1.82, 2.24) is 24.6 Å². The van der Waals surface area contributed by atoms with E-state index in [1.807, 2.05) is 30.3 Å². The van der Waals surface area contributed by atoms with Crippen molar-refractivity contribution < 1.29 is 4.79 Å². The minimum atomic E-state index is -0.778. The number of hydrogen-bond donors (Lipinski definition) is 1. The highest BCUT2D eigenvalue weighted by Crippen LogP contribution is 2.15. The van der Waals surface area contributed by atoms with Gasteiger partial charge in [0.15, 0.2) is 0 Å². The van der Waals surface area contributed by atoms with Gasteiger partial charge in [0.25, 0.3) is 11.5 Å². The summed E-state index contributed by atoms with van der Waals surface area (Å²) in [5.41, 5.74) is -0.110. The van der Waals surface area contributed by atoms with Gasteiger partial charge < -0.3 is 5.32 Å². The summed E-state index contributed by atoms with van der Waals surface area (Å²) in [6.45, 7) is 1.83. The van der Waals surface area contributed by atoms with Gasteiger partial charge >= 0.3 is 5.69 Å². The van der Waals surface area contributed by atoms with Crippen LogP contribution in [0.3, 0.4) is 0 Å². The molecule has 8 nitrogen and oxygen atoms in total. The molecule has 1 atom stereocenters. The first-order valence-electron chi connectivity index (χ1n) is 10.2. The number of carbonyl (C=O) groups is 1. The van der Waals surface area contributed by atoms with Gasteiger partial charge in [-0.05, 0) is 48.9 Å². The lowest BCUT2D eigenvalue weighted by molar-refractivity contribution is 0.0940. The van der Waals surface area contributed by atoms with Crippen LogP contribution in [0.15, 0.2) is 88.6 Å². The van der Waals surface area contributed by atoms with Crippen LogP contribution >= 0.6 is 11.6 Å². The van der Waals surface area contributed by atoms with Gasteiger partial charge in [-0.2, -0.15) is 9.78 Å². The molecular formula is C24H20ClN5O3. The van der Waals surface area contributed by atoms with Gasteiger partial charge in [0, 0.05) is 11.2 Å². The topological polar surface area (TPSA) is 98.9 Å². The molecule has 9 heteroatoms. The van der Waals surface area contributed by atoms with Gasteiger partial charge in [0.2, 0.25) is 5.69 Å². The molecular weight excluding hydrogens is 442 g/mol. The van der Waals surface area contributed by atoms with Crippen LogP contribution < -0.4 is 16.6 Å². The largest absolute Gasteiger partial charge is 0.352 e. The molecule has 2 heterocycles. The number of hydrogen-bond acceptors (Lipinski definition) is 5. The third-order valence-corrected chi connectivity index (χ3v) is 5.37. The maximum atomic E-state index is 13.3. The summed E-state index contributed by atoms with van der Waals surface area (Å²) in [5, 5.41) is 7.25. The third kappa shape index (κ3) is 4.75. The first-order valence-corrected chi connectivity index (χ1v) is 10.6. The maximum absolute atomic E-state index is 13.3. The molecule has 0 fully saturated rings. The first-order chi connectivity index (χ1) is 16.0. The molecule has 2 aromatic carbocycles. The second-order valence-corrected chi connectivity index (χ2v) is 7.72. The van der Waals surface area contributed by atoms with Crippen LogP contribution in [-0.4, -0.2) is 25.2 Å². The Morgan fingerprint density at radius 2 is 1.70 bits per heavy atom. The third-order valence-electron chi connectivity index (χ3n) is 5.12. The Morgan fingerprint density at radius 1 is 1.00 bits per heavy atom. The highest BCUT2D eigenvalue weighted by atomic mass is 35.5. The summed E-state index contributed by atoms with van der Waals surface area (Å²) in [6, 6.07) is 20.1. The summed E-state index contributed by atoms with van der Waals surface area (Å²) in [4.78, 5) is 43.7. The molecule has 1 amide bonds. The highest BCUT2D eigenvalue weighted by Gasteiger charge is 2.23. The fourth-order valence-electron chi connectivity index (χ4n) is 3.36. The van der Waals surface area contributed by atoms with Crippen molar-refractivity contribution in [3.8, 4) is 5.69 Å². The average Bonchev–Trinajstić information content (AvgIpc) is 2.84. The zero-order valence-electron chi connectivity index (χ0n) is 17.7. The van der Waals surface area contributed by atoms with E-state index in [0.29, 0.717) is 16.4 Å². The Hall–Kier alpha value is -4.04. The molecule has 166 valence electrons. The number of halogens is 1. The van der Waals surface area contributed by atoms with Crippen LogP contribution in [0.25, 0.3) is 5.69 Å². The summed E-state index contributed by atoms with van der Waals surface area (Å²) in [7, 11) is 0. The van der Waals surface area contributed by atoms with Crippen LogP contribution in [0.5, 0.6) is 0 Å². The minimum Gasteiger partial charge on any atom is -0.345 e. The van der Waals surface area contributed by atoms with Crippen molar-refractivity contribution in [2.24, 2.45) is 0 Å². The number of pyridine rings is 1. The van der Waals surface area contributed by atoms with Crippen molar-refractivity contribution in [2.45, 2.75) is 19.5 Å². The number of aromatic nitrogens is 4. The van der Waals surface area contributed by atoms with Crippen molar-refractivity contribution in [1.29, 1.82) is 0 Å². The Morgan fingerprint density at radius 3 is 2.36 bits per heavy atom. The predicted molar refractivity (Wildman–Crippen MR) is 125 cm³/mol. The second kappa shape index (κ2) is 9.62. The lowest BCUT2D eigenvalue weighted by atomic mass is 10.1. The summed E-state index contributed by atoms with van der Waals surface area (Å²) < 4.78 is 2.07. The van der Waals surface area contributed by atoms with Gasteiger partial charge in [-0.25, -0.2) is 9.36 Å². The Bertz CT molecular complexity index is 1380. The van der Waals surface area contributed by atoms with E-state index in [4.69, 9.17) is 11.6 Å². The molecule has 2 aromatic heterocycles. The molecule has 4 rings (SSSR count). The molecule has 0 saturated heterocycles. The van der Waals surface area contributed by atoms with E-state index in [9.17, 15) is 14.4 Å². The van der Waals surface area contributed by atoms with E-state index in [2.05, 4.69) is 15.4 Å². The number of nitrogens with zero attached hydrogens (tertiary/aromatic N) is 4. The van der Waals surface area contributed by atoms with Gasteiger partial charge in [0.1, 0.15) is 0 Å². The van der Waals surface area contributed by atoms with E-state index in [-0.39, 0.29) is 6.54 Å². The molecule has 0 spiro atoms. The highest BCUT2D eigenvalue weighted by molar-refractivity contribution is 6.30.